The fraction of sp³-hybridized carbons (Fsp3) is 0.300. The molecule has 0 saturated carbocycles. The maximum Gasteiger partial charge on any atom is 0.253 e. The highest BCUT2D eigenvalue weighted by Crippen LogP contribution is 2.34. The zero-order chi connectivity index (χ0) is 18.1. The zero-order valence-corrected chi connectivity index (χ0v) is 15.4. The van der Waals surface area contributed by atoms with E-state index in [9.17, 15) is 9.90 Å². The quantitative estimate of drug-likeness (QED) is 0.745. The summed E-state index contributed by atoms with van der Waals surface area (Å²) in [6, 6.07) is 9.55. The number of thiophene rings is 1. The number of hydrogen-bond donors (Lipinski definition) is 2. The second-order valence-corrected chi connectivity index (χ2v) is 7.65. The van der Waals surface area contributed by atoms with E-state index >= 15 is 0 Å². The number of benzene rings is 1. The molecule has 1 aliphatic heterocycles. The van der Waals surface area contributed by atoms with Gasteiger partial charge in [0.25, 0.3) is 5.91 Å². The Morgan fingerprint density at radius 2 is 2.27 bits per heavy atom. The third kappa shape index (κ3) is 3.18. The van der Waals surface area contributed by atoms with Gasteiger partial charge >= 0.3 is 0 Å². The number of carbonyl (C=O) groups excluding carboxylic acids is 1. The van der Waals surface area contributed by atoms with Crippen molar-refractivity contribution in [3.63, 3.8) is 0 Å². The van der Waals surface area contributed by atoms with Gasteiger partial charge < -0.3 is 15.0 Å². The standard InChI is InChI=1S/C20H21N3O2S/c1-13-6-10-26-18(13)16-5-9-23(12-17(16)24)20(25)15-4-2-3-14(11-15)19-21-7-8-22-19/h2-4,6-8,10-11,16-17,24H,5,9,12H2,1H3,(H,21,22)/t16-,17-/m1/s1. The Morgan fingerprint density at radius 3 is 2.96 bits per heavy atom. The van der Waals surface area contributed by atoms with E-state index in [4.69, 9.17) is 0 Å². The SMILES string of the molecule is Cc1ccsc1[C@@H]1CCN(C(=O)c2cccc(-c3ncc[nH]3)c2)C[C@H]1O. The van der Waals surface area contributed by atoms with E-state index < -0.39 is 6.10 Å². The average Bonchev–Trinajstić information content (AvgIpc) is 3.33. The van der Waals surface area contributed by atoms with Crippen LogP contribution in [0, 0.1) is 6.92 Å². The summed E-state index contributed by atoms with van der Waals surface area (Å²) in [5.74, 6) is 0.818. The first-order chi connectivity index (χ1) is 12.6. The number of imidazole rings is 1. The van der Waals surface area contributed by atoms with Crippen LogP contribution in [0.1, 0.15) is 33.1 Å². The van der Waals surface area contributed by atoms with Gasteiger partial charge in [0.05, 0.1) is 6.10 Å². The summed E-state index contributed by atoms with van der Waals surface area (Å²) in [7, 11) is 0. The van der Waals surface area contributed by atoms with E-state index in [0.29, 0.717) is 18.7 Å². The maximum atomic E-state index is 12.9. The molecule has 0 bridgehead atoms. The Kier molecular flexibility index (Phi) is 4.61. The number of likely N-dealkylation sites (tertiary alicyclic amines) is 1. The minimum atomic E-state index is -0.529. The van der Waals surface area contributed by atoms with Gasteiger partial charge in [-0.15, -0.1) is 11.3 Å². The van der Waals surface area contributed by atoms with Gasteiger partial charge in [0.15, 0.2) is 0 Å². The average molecular weight is 367 g/mol. The summed E-state index contributed by atoms with van der Waals surface area (Å²) in [5.41, 5.74) is 2.73. The summed E-state index contributed by atoms with van der Waals surface area (Å²) in [4.78, 5) is 23.2. The van der Waals surface area contributed by atoms with E-state index in [1.807, 2.05) is 24.3 Å². The third-order valence-corrected chi connectivity index (χ3v) is 6.14. The van der Waals surface area contributed by atoms with Gasteiger partial charge in [0, 0.05) is 47.4 Å². The largest absolute Gasteiger partial charge is 0.391 e. The van der Waals surface area contributed by atoms with Crippen LogP contribution in [0.25, 0.3) is 11.4 Å². The Hall–Kier alpha value is -2.44. The number of carbonyl (C=O) groups is 1. The van der Waals surface area contributed by atoms with E-state index in [-0.39, 0.29) is 11.8 Å². The lowest BCUT2D eigenvalue weighted by molar-refractivity contribution is 0.0387. The number of amides is 1. The summed E-state index contributed by atoms with van der Waals surface area (Å²) in [5, 5.41) is 12.7. The van der Waals surface area contributed by atoms with Gasteiger partial charge in [0.1, 0.15) is 5.82 Å². The normalized spacial score (nSPS) is 20.3. The molecule has 4 rings (SSSR count). The van der Waals surface area contributed by atoms with Crippen LogP contribution in [0.3, 0.4) is 0 Å². The van der Waals surface area contributed by atoms with Crippen molar-refractivity contribution in [3.05, 3.63) is 64.1 Å². The number of aliphatic hydroxyl groups is 1. The molecule has 2 N–H and O–H groups in total. The Bertz CT molecular complexity index is 903. The van der Waals surface area contributed by atoms with Gasteiger partial charge in [-0.1, -0.05) is 12.1 Å². The first-order valence-corrected chi connectivity index (χ1v) is 9.62. The molecule has 1 fully saturated rings. The monoisotopic (exact) mass is 367 g/mol. The van der Waals surface area contributed by atoms with Crippen molar-refractivity contribution in [1.82, 2.24) is 14.9 Å². The van der Waals surface area contributed by atoms with Crippen molar-refractivity contribution in [2.45, 2.75) is 25.4 Å². The van der Waals surface area contributed by atoms with Crippen LogP contribution >= 0.6 is 11.3 Å². The molecule has 1 amide bonds. The van der Waals surface area contributed by atoms with Crippen molar-refractivity contribution >= 4 is 17.2 Å². The molecule has 2 atom stereocenters. The number of aromatic nitrogens is 2. The van der Waals surface area contributed by atoms with Crippen LogP contribution < -0.4 is 0 Å². The molecule has 1 aliphatic rings. The fourth-order valence-corrected chi connectivity index (χ4v) is 4.71. The van der Waals surface area contributed by atoms with Crippen LogP contribution in [0.2, 0.25) is 0 Å². The number of piperidine rings is 1. The molecular formula is C20H21N3O2S. The smallest absolute Gasteiger partial charge is 0.253 e. The molecule has 3 aromatic rings. The molecular weight excluding hydrogens is 346 g/mol. The molecule has 6 heteroatoms. The van der Waals surface area contributed by atoms with Crippen molar-refractivity contribution < 1.29 is 9.90 Å². The van der Waals surface area contributed by atoms with Crippen LogP contribution in [0.5, 0.6) is 0 Å². The number of nitrogens with zero attached hydrogens (tertiary/aromatic N) is 2. The topological polar surface area (TPSA) is 69.2 Å². The number of aryl methyl sites for hydroxylation is 1. The highest BCUT2D eigenvalue weighted by molar-refractivity contribution is 7.10. The van der Waals surface area contributed by atoms with Crippen molar-refractivity contribution in [2.75, 3.05) is 13.1 Å². The van der Waals surface area contributed by atoms with Crippen LogP contribution in [-0.4, -0.2) is 45.1 Å². The molecule has 0 aliphatic carbocycles. The van der Waals surface area contributed by atoms with Crippen molar-refractivity contribution in [2.24, 2.45) is 0 Å². The molecule has 1 saturated heterocycles. The molecule has 3 heterocycles. The number of rotatable bonds is 3. The molecule has 5 nitrogen and oxygen atoms in total. The van der Waals surface area contributed by atoms with Crippen LogP contribution in [-0.2, 0) is 0 Å². The summed E-state index contributed by atoms with van der Waals surface area (Å²) in [6.45, 7) is 3.10. The Balaban J connectivity index is 1.50. The van der Waals surface area contributed by atoms with E-state index in [1.54, 1.807) is 28.6 Å². The van der Waals surface area contributed by atoms with Gasteiger partial charge in [-0.2, -0.15) is 0 Å². The zero-order valence-electron chi connectivity index (χ0n) is 14.6. The second kappa shape index (κ2) is 7.05. The molecule has 2 aromatic heterocycles. The Labute approximate surface area is 156 Å². The number of hydrogen-bond acceptors (Lipinski definition) is 4. The second-order valence-electron chi connectivity index (χ2n) is 6.70. The molecule has 0 unspecified atom stereocenters. The van der Waals surface area contributed by atoms with Gasteiger partial charge in [0.2, 0.25) is 0 Å². The fourth-order valence-electron chi connectivity index (χ4n) is 3.59. The number of aliphatic hydroxyl groups excluding tert-OH is 1. The van der Waals surface area contributed by atoms with E-state index in [1.165, 1.54) is 10.4 Å². The minimum Gasteiger partial charge on any atom is -0.391 e. The molecule has 26 heavy (non-hydrogen) atoms. The van der Waals surface area contributed by atoms with Gasteiger partial charge in [-0.25, -0.2) is 4.98 Å². The lowest BCUT2D eigenvalue weighted by Gasteiger charge is -2.36. The first kappa shape index (κ1) is 17.0. The molecule has 0 radical (unpaired) electrons. The van der Waals surface area contributed by atoms with Crippen molar-refractivity contribution in [1.29, 1.82) is 0 Å². The van der Waals surface area contributed by atoms with Gasteiger partial charge in [-0.05, 0) is 42.5 Å². The highest BCUT2D eigenvalue weighted by Gasteiger charge is 2.32. The molecule has 134 valence electrons. The number of aromatic amines is 1. The number of β-amino-alcohol motifs (C(OH)–C–C–N with tert-alkyl or cyclic N) is 1. The van der Waals surface area contributed by atoms with Crippen LogP contribution in [0.15, 0.2) is 48.1 Å². The van der Waals surface area contributed by atoms with E-state index in [0.717, 1.165) is 17.8 Å². The third-order valence-electron chi connectivity index (χ3n) is 4.99. The summed E-state index contributed by atoms with van der Waals surface area (Å²) in [6.07, 6.45) is 3.71. The predicted octanol–water partition coefficient (Wildman–Crippen LogP) is 3.44. The molecule has 0 spiro atoms. The van der Waals surface area contributed by atoms with Crippen molar-refractivity contribution in [3.8, 4) is 11.4 Å². The van der Waals surface area contributed by atoms with Crippen LogP contribution in [0.4, 0.5) is 0 Å². The lowest BCUT2D eigenvalue weighted by Crippen LogP contribution is -2.45. The van der Waals surface area contributed by atoms with Gasteiger partial charge in [-0.3, -0.25) is 4.79 Å². The number of H-pyrrole nitrogens is 1. The highest BCUT2D eigenvalue weighted by atomic mass is 32.1. The summed E-state index contributed by atoms with van der Waals surface area (Å²) >= 11 is 1.69. The summed E-state index contributed by atoms with van der Waals surface area (Å²) < 4.78 is 0. The maximum absolute atomic E-state index is 12.9. The van der Waals surface area contributed by atoms with E-state index in [2.05, 4.69) is 28.3 Å². The minimum absolute atomic E-state index is 0.0428. The molecule has 1 aromatic carbocycles. The first-order valence-electron chi connectivity index (χ1n) is 8.74. The lowest BCUT2D eigenvalue weighted by atomic mass is 9.90. The number of nitrogens with one attached hydrogen (secondary N) is 1. The Morgan fingerprint density at radius 1 is 1.38 bits per heavy atom. The predicted molar refractivity (Wildman–Crippen MR) is 102 cm³/mol.